The normalized spacial score (nSPS) is 20.1. The topological polar surface area (TPSA) is 103 Å². The molecule has 0 bridgehead atoms. The van der Waals surface area contributed by atoms with E-state index in [0.717, 1.165) is 30.6 Å². The van der Waals surface area contributed by atoms with Gasteiger partial charge in [-0.3, -0.25) is 9.59 Å². The molecule has 4 rings (SSSR count). The van der Waals surface area contributed by atoms with E-state index in [2.05, 4.69) is 10.1 Å². The fourth-order valence-corrected chi connectivity index (χ4v) is 3.50. The Bertz CT molecular complexity index is 841. The number of nitrogens with two attached hydrogens (primary N) is 1. The lowest BCUT2D eigenvalue weighted by atomic mass is 10.1. The van der Waals surface area contributed by atoms with Crippen LogP contribution < -0.4 is 10.6 Å². The van der Waals surface area contributed by atoms with E-state index in [1.165, 1.54) is 0 Å². The highest BCUT2D eigenvalue weighted by molar-refractivity contribution is 5.95. The maximum Gasteiger partial charge on any atom is 0.227 e. The van der Waals surface area contributed by atoms with Gasteiger partial charge in [-0.1, -0.05) is 12.1 Å². The van der Waals surface area contributed by atoms with E-state index in [0.29, 0.717) is 31.3 Å². The number of hydrogen-bond acceptors (Lipinski definition) is 5. The van der Waals surface area contributed by atoms with Gasteiger partial charge in [-0.15, -0.1) is 0 Å². The van der Waals surface area contributed by atoms with Gasteiger partial charge in [0.05, 0.1) is 19.1 Å². The maximum absolute atomic E-state index is 12.0. The number of aromatic nitrogens is 3. The molecule has 2 aliphatic rings. The van der Waals surface area contributed by atoms with E-state index in [1.807, 2.05) is 28.9 Å². The Labute approximate surface area is 150 Å². The SMILES string of the molecule is NC(=O)Cc1nc(-c2cccc(N3CCCC3=O)c2)n(C2CCOC2)n1. The summed E-state index contributed by atoms with van der Waals surface area (Å²) in [6.07, 6.45) is 2.30. The van der Waals surface area contributed by atoms with E-state index < -0.39 is 5.91 Å². The minimum absolute atomic E-state index is 0.00210. The standard InChI is InChI=1S/C18H21N5O3/c19-15(24)10-16-20-18(23(21-16)14-6-8-26-11-14)12-3-1-4-13(9-12)22-7-2-5-17(22)25/h1,3-4,9,14H,2,5-8,10-11H2,(H2,19,24). The molecule has 1 aromatic carbocycles. The molecule has 2 N–H and O–H groups in total. The van der Waals surface area contributed by atoms with Crippen molar-refractivity contribution in [2.75, 3.05) is 24.7 Å². The molecule has 2 amide bonds. The molecule has 26 heavy (non-hydrogen) atoms. The number of anilines is 1. The average molecular weight is 355 g/mol. The lowest BCUT2D eigenvalue weighted by molar-refractivity contribution is -0.118. The first kappa shape index (κ1) is 16.7. The Morgan fingerprint density at radius 1 is 1.38 bits per heavy atom. The van der Waals surface area contributed by atoms with E-state index in [1.54, 1.807) is 4.90 Å². The second-order valence-corrected chi connectivity index (χ2v) is 6.66. The van der Waals surface area contributed by atoms with Gasteiger partial charge in [0.1, 0.15) is 0 Å². The molecule has 1 atom stereocenters. The van der Waals surface area contributed by atoms with Crippen molar-refractivity contribution in [1.29, 1.82) is 0 Å². The molecule has 3 heterocycles. The summed E-state index contributed by atoms with van der Waals surface area (Å²) >= 11 is 0. The summed E-state index contributed by atoms with van der Waals surface area (Å²) in [6.45, 7) is 1.98. The molecule has 2 saturated heterocycles. The summed E-state index contributed by atoms with van der Waals surface area (Å²) in [5.74, 6) is 0.752. The average Bonchev–Trinajstić information content (AvgIpc) is 3.34. The van der Waals surface area contributed by atoms with Crippen LogP contribution in [0.3, 0.4) is 0 Å². The first-order valence-electron chi connectivity index (χ1n) is 8.84. The van der Waals surface area contributed by atoms with Gasteiger partial charge in [-0.2, -0.15) is 5.10 Å². The van der Waals surface area contributed by atoms with Gasteiger partial charge in [0.25, 0.3) is 0 Å². The van der Waals surface area contributed by atoms with Crippen molar-refractivity contribution in [3.63, 3.8) is 0 Å². The van der Waals surface area contributed by atoms with E-state index in [4.69, 9.17) is 10.5 Å². The Morgan fingerprint density at radius 3 is 2.96 bits per heavy atom. The lowest BCUT2D eigenvalue weighted by Crippen LogP contribution is -2.23. The predicted molar refractivity (Wildman–Crippen MR) is 94.4 cm³/mol. The van der Waals surface area contributed by atoms with Crippen molar-refractivity contribution in [3.8, 4) is 11.4 Å². The minimum atomic E-state index is -0.465. The quantitative estimate of drug-likeness (QED) is 0.864. The Kier molecular flexibility index (Phi) is 4.42. The van der Waals surface area contributed by atoms with Crippen LogP contribution in [0.4, 0.5) is 5.69 Å². The highest BCUT2D eigenvalue weighted by Gasteiger charge is 2.26. The van der Waals surface area contributed by atoms with Gasteiger partial charge in [-0.05, 0) is 25.0 Å². The monoisotopic (exact) mass is 355 g/mol. The van der Waals surface area contributed by atoms with Gasteiger partial charge in [-0.25, -0.2) is 9.67 Å². The number of rotatable bonds is 5. The maximum atomic E-state index is 12.0. The van der Waals surface area contributed by atoms with Crippen molar-refractivity contribution in [1.82, 2.24) is 14.8 Å². The molecule has 8 nitrogen and oxygen atoms in total. The first-order chi connectivity index (χ1) is 12.6. The Hall–Kier alpha value is -2.74. The molecule has 8 heteroatoms. The van der Waals surface area contributed by atoms with Crippen LogP contribution in [0.15, 0.2) is 24.3 Å². The summed E-state index contributed by atoms with van der Waals surface area (Å²) in [5, 5.41) is 4.50. The summed E-state index contributed by atoms with van der Waals surface area (Å²) in [5.41, 5.74) is 7.02. The number of ether oxygens (including phenoxy) is 1. The van der Waals surface area contributed by atoms with Gasteiger partial charge in [0.15, 0.2) is 11.6 Å². The second-order valence-electron chi connectivity index (χ2n) is 6.66. The van der Waals surface area contributed by atoms with Crippen LogP contribution in [-0.2, 0) is 20.7 Å². The number of nitrogens with zero attached hydrogens (tertiary/aromatic N) is 4. The minimum Gasteiger partial charge on any atom is -0.379 e. The third kappa shape index (κ3) is 3.20. The molecule has 0 saturated carbocycles. The summed E-state index contributed by atoms with van der Waals surface area (Å²) < 4.78 is 7.31. The van der Waals surface area contributed by atoms with Gasteiger partial charge >= 0.3 is 0 Å². The van der Waals surface area contributed by atoms with Crippen molar-refractivity contribution >= 4 is 17.5 Å². The smallest absolute Gasteiger partial charge is 0.227 e. The first-order valence-corrected chi connectivity index (χ1v) is 8.84. The number of primary amides is 1. The van der Waals surface area contributed by atoms with Crippen molar-refractivity contribution in [2.24, 2.45) is 5.73 Å². The Balaban J connectivity index is 1.72. The largest absolute Gasteiger partial charge is 0.379 e. The molecule has 0 radical (unpaired) electrons. The Morgan fingerprint density at radius 2 is 2.27 bits per heavy atom. The predicted octanol–water partition coefficient (Wildman–Crippen LogP) is 1.06. The van der Waals surface area contributed by atoms with Gasteiger partial charge in [0.2, 0.25) is 11.8 Å². The lowest BCUT2D eigenvalue weighted by Gasteiger charge is -2.17. The second kappa shape index (κ2) is 6.87. The van der Waals surface area contributed by atoms with Crippen LogP contribution in [0.25, 0.3) is 11.4 Å². The van der Waals surface area contributed by atoms with Crippen LogP contribution in [-0.4, -0.2) is 46.3 Å². The molecule has 2 aliphatic heterocycles. The van der Waals surface area contributed by atoms with Crippen molar-refractivity contribution < 1.29 is 14.3 Å². The van der Waals surface area contributed by atoms with Crippen LogP contribution in [0.5, 0.6) is 0 Å². The summed E-state index contributed by atoms with van der Waals surface area (Å²) in [7, 11) is 0. The van der Waals surface area contributed by atoms with Crippen LogP contribution in [0, 0.1) is 0 Å². The molecule has 1 unspecified atom stereocenters. The number of carbonyl (C=O) groups is 2. The van der Waals surface area contributed by atoms with Crippen molar-refractivity contribution in [2.45, 2.75) is 31.7 Å². The van der Waals surface area contributed by atoms with Gasteiger partial charge < -0.3 is 15.4 Å². The summed E-state index contributed by atoms with van der Waals surface area (Å²) in [6, 6.07) is 7.81. The molecule has 0 aliphatic carbocycles. The zero-order chi connectivity index (χ0) is 18.1. The molecule has 2 aromatic rings. The van der Waals surface area contributed by atoms with E-state index in [-0.39, 0.29) is 18.4 Å². The highest BCUT2D eigenvalue weighted by atomic mass is 16.5. The number of benzene rings is 1. The van der Waals surface area contributed by atoms with Crippen LogP contribution in [0.1, 0.15) is 31.1 Å². The zero-order valence-corrected chi connectivity index (χ0v) is 14.4. The highest BCUT2D eigenvalue weighted by Crippen LogP contribution is 2.30. The number of carbonyl (C=O) groups excluding carboxylic acids is 2. The van der Waals surface area contributed by atoms with Gasteiger partial charge in [0, 0.05) is 30.8 Å². The third-order valence-electron chi connectivity index (χ3n) is 4.75. The molecule has 136 valence electrons. The van der Waals surface area contributed by atoms with Crippen LogP contribution in [0.2, 0.25) is 0 Å². The van der Waals surface area contributed by atoms with Crippen molar-refractivity contribution in [3.05, 3.63) is 30.1 Å². The van der Waals surface area contributed by atoms with E-state index >= 15 is 0 Å². The van der Waals surface area contributed by atoms with Crippen LogP contribution >= 0.6 is 0 Å². The third-order valence-corrected chi connectivity index (χ3v) is 4.75. The number of hydrogen-bond donors (Lipinski definition) is 1. The molecular formula is C18H21N5O3. The fraction of sp³-hybridized carbons (Fsp3) is 0.444. The molecule has 0 spiro atoms. The molecular weight excluding hydrogens is 334 g/mol. The number of amides is 2. The molecule has 1 aromatic heterocycles. The summed E-state index contributed by atoms with van der Waals surface area (Å²) in [4.78, 5) is 29.7. The fourth-order valence-electron chi connectivity index (χ4n) is 3.50. The molecule has 2 fully saturated rings. The van der Waals surface area contributed by atoms with E-state index in [9.17, 15) is 9.59 Å². The zero-order valence-electron chi connectivity index (χ0n) is 14.4.